The van der Waals surface area contributed by atoms with E-state index in [4.69, 9.17) is 0 Å². The molecule has 1 aromatic carbocycles. The van der Waals surface area contributed by atoms with Crippen molar-refractivity contribution >= 4 is 28.6 Å². The first-order valence-corrected chi connectivity index (χ1v) is 11.4. The van der Waals surface area contributed by atoms with Gasteiger partial charge in [-0.3, -0.25) is 14.4 Å². The molecule has 5 heteroatoms. The quantitative estimate of drug-likeness (QED) is 0.445. The third-order valence-corrected chi connectivity index (χ3v) is 6.72. The predicted octanol–water partition coefficient (Wildman–Crippen LogP) is 4.66. The van der Waals surface area contributed by atoms with E-state index in [1.54, 1.807) is 18.7 Å². The van der Waals surface area contributed by atoms with Crippen molar-refractivity contribution in [2.75, 3.05) is 12.3 Å². The van der Waals surface area contributed by atoms with Crippen LogP contribution in [0.1, 0.15) is 64.9 Å². The van der Waals surface area contributed by atoms with Crippen molar-refractivity contribution in [2.24, 2.45) is 5.41 Å². The number of rotatable bonds is 9. The van der Waals surface area contributed by atoms with Crippen LogP contribution in [0.5, 0.6) is 0 Å². The molecule has 1 aromatic rings. The number of nitrogens with zero attached hydrogens (tertiary/aromatic N) is 1. The zero-order chi connectivity index (χ0) is 20.6. The second-order valence-electron chi connectivity index (χ2n) is 8.19. The maximum atomic E-state index is 12.8. The number of piperidine rings is 1. The highest BCUT2D eigenvalue weighted by atomic mass is 32.2. The third-order valence-electron chi connectivity index (χ3n) is 5.68. The summed E-state index contributed by atoms with van der Waals surface area (Å²) in [6.07, 6.45) is 6.09. The molecule has 0 spiro atoms. The van der Waals surface area contributed by atoms with Gasteiger partial charge in [-0.1, -0.05) is 62.9 Å². The third kappa shape index (κ3) is 6.20. The summed E-state index contributed by atoms with van der Waals surface area (Å²) in [6.45, 7) is 6.02. The Morgan fingerprint density at radius 3 is 2.50 bits per heavy atom. The van der Waals surface area contributed by atoms with Crippen molar-refractivity contribution < 1.29 is 14.4 Å². The zero-order valence-corrected chi connectivity index (χ0v) is 18.2. The fourth-order valence-electron chi connectivity index (χ4n) is 3.34. The van der Waals surface area contributed by atoms with E-state index < -0.39 is 17.4 Å². The molecule has 1 aliphatic heterocycles. The number of benzene rings is 1. The van der Waals surface area contributed by atoms with Gasteiger partial charge < -0.3 is 4.90 Å². The van der Waals surface area contributed by atoms with Crippen molar-refractivity contribution in [3.8, 4) is 0 Å². The van der Waals surface area contributed by atoms with E-state index in [-0.39, 0.29) is 10.9 Å². The Hall–Kier alpha value is -1.62. The maximum absolute atomic E-state index is 12.8. The number of carbonyl (C=O) groups is 3. The van der Waals surface area contributed by atoms with E-state index >= 15 is 0 Å². The van der Waals surface area contributed by atoms with Crippen molar-refractivity contribution in [3.05, 3.63) is 35.9 Å². The molecule has 1 amide bonds. The Labute approximate surface area is 173 Å². The van der Waals surface area contributed by atoms with Crippen LogP contribution < -0.4 is 0 Å². The molecular formula is C23H33NO3S. The molecule has 0 aliphatic carbocycles. The van der Waals surface area contributed by atoms with E-state index in [0.717, 1.165) is 37.9 Å². The summed E-state index contributed by atoms with van der Waals surface area (Å²) in [5.74, 6) is -0.0874. The average molecular weight is 404 g/mol. The van der Waals surface area contributed by atoms with E-state index in [9.17, 15) is 14.4 Å². The number of ketones is 1. The minimum Gasteiger partial charge on any atom is -0.325 e. The minimum atomic E-state index is -0.674. The smallest absolute Gasteiger partial charge is 0.291 e. The lowest BCUT2D eigenvalue weighted by Crippen LogP contribution is -2.52. The molecule has 0 bridgehead atoms. The number of likely N-dealkylation sites (tertiary alicyclic amines) is 1. The van der Waals surface area contributed by atoms with Gasteiger partial charge in [-0.15, -0.1) is 0 Å². The lowest BCUT2D eigenvalue weighted by atomic mass is 9.84. The van der Waals surface area contributed by atoms with E-state index in [1.807, 2.05) is 25.1 Å². The van der Waals surface area contributed by atoms with Crippen LogP contribution in [0, 0.1) is 5.41 Å². The molecule has 28 heavy (non-hydrogen) atoms. The molecule has 0 aromatic heterocycles. The number of thioether (sulfide) groups is 1. The number of Topliss-reactive ketones (excluding diaryl/α,β-unsaturated/α-hetero) is 1. The summed E-state index contributed by atoms with van der Waals surface area (Å²) in [4.78, 5) is 39.6. The SMILES string of the molecule is CCC(C)(C)C(=O)C(=O)N1CCCCC1C(=O)SCCCCc1ccccc1. The van der Waals surface area contributed by atoms with E-state index in [2.05, 4.69) is 12.1 Å². The van der Waals surface area contributed by atoms with Crippen LogP contribution in [0.3, 0.4) is 0 Å². The van der Waals surface area contributed by atoms with Crippen molar-refractivity contribution in [1.29, 1.82) is 0 Å². The lowest BCUT2D eigenvalue weighted by Gasteiger charge is -2.35. The summed E-state index contributed by atoms with van der Waals surface area (Å²) in [5, 5.41) is 0.0369. The summed E-state index contributed by atoms with van der Waals surface area (Å²) in [5.41, 5.74) is 0.645. The summed E-state index contributed by atoms with van der Waals surface area (Å²) in [7, 11) is 0. The van der Waals surface area contributed by atoms with Gasteiger partial charge >= 0.3 is 0 Å². The van der Waals surface area contributed by atoms with Gasteiger partial charge in [0.05, 0.1) is 0 Å². The zero-order valence-electron chi connectivity index (χ0n) is 17.4. The molecule has 1 saturated heterocycles. The Morgan fingerprint density at radius 1 is 1.11 bits per heavy atom. The monoisotopic (exact) mass is 403 g/mol. The maximum Gasteiger partial charge on any atom is 0.291 e. The number of carbonyl (C=O) groups excluding carboxylic acids is 3. The van der Waals surface area contributed by atoms with Crippen molar-refractivity contribution in [1.82, 2.24) is 4.90 Å². The summed E-state index contributed by atoms with van der Waals surface area (Å²) < 4.78 is 0. The number of amides is 1. The highest BCUT2D eigenvalue weighted by Crippen LogP contribution is 2.27. The summed E-state index contributed by atoms with van der Waals surface area (Å²) >= 11 is 1.32. The Bertz CT molecular complexity index is 672. The van der Waals surface area contributed by atoms with Crippen LogP contribution in [-0.2, 0) is 20.8 Å². The molecule has 1 fully saturated rings. The summed E-state index contributed by atoms with van der Waals surface area (Å²) in [6, 6.07) is 9.91. The van der Waals surface area contributed by atoms with Crippen LogP contribution >= 0.6 is 11.8 Å². The molecular weight excluding hydrogens is 370 g/mol. The fourth-order valence-corrected chi connectivity index (χ4v) is 4.33. The first-order valence-electron chi connectivity index (χ1n) is 10.4. The molecule has 1 heterocycles. The van der Waals surface area contributed by atoms with Crippen LogP contribution in [0.4, 0.5) is 0 Å². The normalized spacial score (nSPS) is 17.4. The largest absolute Gasteiger partial charge is 0.325 e. The molecule has 0 N–H and O–H groups in total. The van der Waals surface area contributed by atoms with Crippen LogP contribution in [0.15, 0.2) is 30.3 Å². The molecule has 0 radical (unpaired) electrons. The number of hydrogen-bond donors (Lipinski definition) is 0. The number of hydrogen-bond acceptors (Lipinski definition) is 4. The fraction of sp³-hybridized carbons (Fsp3) is 0.609. The second-order valence-corrected chi connectivity index (χ2v) is 9.29. The average Bonchev–Trinajstić information content (AvgIpc) is 2.73. The first-order chi connectivity index (χ1) is 13.4. The Balaban J connectivity index is 1.84. The molecule has 2 rings (SSSR count). The number of unbranched alkanes of at least 4 members (excludes halogenated alkanes) is 1. The highest BCUT2D eigenvalue weighted by molar-refractivity contribution is 8.13. The molecule has 1 atom stereocenters. The van der Waals surface area contributed by atoms with Gasteiger partial charge in [-0.25, -0.2) is 0 Å². The molecule has 0 saturated carbocycles. The van der Waals surface area contributed by atoms with Gasteiger partial charge in [0, 0.05) is 17.7 Å². The van der Waals surface area contributed by atoms with Gasteiger partial charge in [0.15, 0.2) is 0 Å². The van der Waals surface area contributed by atoms with Gasteiger partial charge in [0.25, 0.3) is 5.91 Å². The molecule has 1 unspecified atom stereocenters. The van der Waals surface area contributed by atoms with Gasteiger partial charge in [0.1, 0.15) is 6.04 Å². The van der Waals surface area contributed by atoms with Gasteiger partial charge in [-0.05, 0) is 50.5 Å². The molecule has 1 aliphatic rings. The Kier molecular flexibility index (Phi) is 8.74. The van der Waals surface area contributed by atoms with Crippen LogP contribution in [-0.4, -0.2) is 40.0 Å². The van der Waals surface area contributed by atoms with Crippen LogP contribution in [0.25, 0.3) is 0 Å². The predicted molar refractivity (Wildman–Crippen MR) is 115 cm³/mol. The Morgan fingerprint density at radius 2 is 1.82 bits per heavy atom. The standard InChI is InChI=1S/C23H33NO3S/c1-4-23(2,3)20(25)21(26)24-16-10-8-15-19(24)22(27)28-17-11-9-14-18-12-6-5-7-13-18/h5-7,12-13,19H,4,8-11,14-17H2,1-3H3. The van der Waals surface area contributed by atoms with Crippen LogP contribution in [0.2, 0.25) is 0 Å². The van der Waals surface area contributed by atoms with E-state index in [0.29, 0.717) is 19.4 Å². The van der Waals surface area contributed by atoms with Crippen molar-refractivity contribution in [3.63, 3.8) is 0 Å². The first kappa shape index (κ1) is 22.7. The minimum absolute atomic E-state index is 0.0369. The molecule has 4 nitrogen and oxygen atoms in total. The second kappa shape index (κ2) is 10.8. The highest BCUT2D eigenvalue weighted by Gasteiger charge is 2.39. The topological polar surface area (TPSA) is 54.5 Å². The van der Waals surface area contributed by atoms with Gasteiger partial charge in [-0.2, -0.15) is 0 Å². The van der Waals surface area contributed by atoms with Gasteiger partial charge in [0.2, 0.25) is 10.9 Å². The number of aryl methyl sites for hydroxylation is 1. The van der Waals surface area contributed by atoms with E-state index in [1.165, 1.54) is 17.3 Å². The lowest BCUT2D eigenvalue weighted by molar-refractivity contribution is -0.152. The molecule has 154 valence electrons. The van der Waals surface area contributed by atoms with Crippen molar-refractivity contribution in [2.45, 2.75) is 71.8 Å².